The highest BCUT2D eigenvalue weighted by Gasteiger charge is 2.20. The smallest absolute Gasteiger partial charge is 0.0406 e. The van der Waals surface area contributed by atoms with Crippen molar-refractivity contribution in [2.24, 2.45) is 5.41 Å². The number of hydrogen-bond donors (Lipinski definition) is 0. The van der Waals surface area contributed by atoms with E-state index in [0.717, 1.165) is 11.6 Å². The van der Waals surface area contributed by atoms with Crippen LogP contribution in [0.4, 0.5) is 0 Å². The average Bonchev–Trinajstić information content (AvgIpc) is 2.38. The highest BCUT2D eigenvalue weighted by atomic mass is 35.5. The minimum atomic E-state index is 0.104. The Morgan fingerprint density at radius 3 is 2.40 bits per heavy atom. The highest BCUT2D eigenvalue weighted by molar-refractivity contribution is 6.30. The summed E-state index contributed by atoms with van der Waals surface area (Å²) in [6.45, 7) is 7.92. The largest absolute Gasteiger partial charge is 0.375 e. The van der Waals surface area contributed by atoms with Crippen LogP contribution in [0.15, 0.2) is 42.1 Å². The molecular formula is C18H24ClN. The third kappa shape index (κ3) is 3.67. The van der Waals surface area contributed by atoms with E-state index in [2.05, 4.69) is 57.0 Å². The Morgan fingerprint density at radius 1 is 1.20 bits per heavy atom. The van der Waals surface area contributed by atoms with Gasteiger partial charge in [0.05, 0.1) is 0 Å². The Morgan fingerprint density at radius 2 is 1.85 bits per heavy atom. The molecule has 0 radical (unpaired) electrons. The van der Waals surface area contributed by atoms with Crippen LogP contribution in [0.5, 0.6) is 0 Å². The van der Waals surface area contributed by atoms with Crippen molar-refractivity contribution in [2.45, 2.75) is 33.6 Å². The summed E-state index contributed by atoms with van der Waals surface area (Å²) < 4.78 is 0. The van der Waals surface area contributed by atoms with Crippen LogP contribution in [0.2, 0.25) is 5.02 Å². The van der Waals surface area contributed by atoms with Gasteiger partial charge < -0.3 is 4.90 Å². The topological polar surface area (TPSA) is 3.24 Å². The summed E-state index contributed by atoms with van der Waals surface area (Å²) in [4.78, 5) is 2.34. The second-order valence-electron chi connectivity index (χ2n) is 6.51. The molecule has 1 aliphatic heterocycles. The lowest BCUT2D eigenvalue weighted by Crippen LogP contribution is -2.22. The first-order valence-electron chi connectivity index (χ1n) is 7.27. The fraction of sp³-hybridized carbons (Fsp3) is 0.444. The second-order valence-corrected chi connectivity index (χ2v) is 6.94. The lowest BCUT2D eigenvalue weighted by Gasteiger charge is -2.29. The molecule has 0 fully saturated rings. The lowest BCUT2D eigenvalue weighted by atomic mass is 9.81. The molecule has 2 heteroatoms. The van der Waals surface area contributed by atoms with Gasteiger partial charge in [-0.1, -0.05) is 50.6 Å². The van der Waals surface area contributed by atoms with Crippen molar-refractivity contribution in [3.05, 3.63) is 52.7 Å². The van der Waals surface area contributed by atoms with E-state index >= 15 is 0 Å². The predicted molar refractivity (Wildman–Crippen MR) is 88.8 cm³/mol. The van der Waals surface area contributed by atoms with E-state index in [0.29, 0.717) is 0 Å². The molecule has 0 N–H and O–H groups in total. The molecule has 1 nitrogen and oxygen atoms in total. The van der Waals surface area contributed by atoms with Crippen molar-refractivity contribution in [2.75, 3.05) is 13.6 Å². The summed E-state index contributed by atoms with van der Waals surface area (Å²) in [7, 11) is 2.17. The van der Waals surface area contributed by atoms with Crippen LogP contribution in [0.1, 0.15) is 39.2 Å². The lowest BCUT2D eigenvalue weighted by molar-refractivity contribution is 0.400. The van der Waals surface area contributed by atoms with Crippen molar-refractivity contribution in [3.63, 3.8) is 0 Å². The standard InChI is InChI=1S/C18H24ClN/c1-18(2,3)17(14-8-10-15(19)11-9-14)13-16-7-5-6-12-20(16)4/h7-11,13H,5-6,12H2,1-4H3/b17-13+. The van der Waals surface area contributed by atoms with Gasteiger partial charge in [0.15, 0.2) is 0 Å². The summed E-state index contributed by atoms with van der Waals surface area (Å²) >= 11 is 6.01. The predicted octanol–water partition coefficient (Wildman–Crippen LogP) is 5.38. The van der Waals surface area contributed by atoms with Crippen LogP contribution >= 0.6 is 11.6 Å². The molecule has 1 aliphatic rings. The van der Waals surface area contributed by atoms with Gasteiger partial charge in [0.1, 0.15) is 0 Å². The number of nitrogens with zero attached hydrogens (tertiary/aromatic N) is 1. The van der Waals surface area contributed by atoms with Crippen molar-refractivity contribution in [1.82, 2.24) is 4.90 Å². The Hall–Kier alpha value is -1.21. The third-order valence-corrected chi connectivity index (χ3v) is 4.00. The number of halogens is 1. The zero-order chi connectivity index (χ0) is 14.8. The van der Waals surface area contributed by atoms with E-state index in [1.165, 1.54) is 29.7 Å². The molecule has 108 valence electrons. The molecule has 0 bridgehead atoms. The summed E-state index contributed by atoms with van der Waals surface area (Å²) in [5, 5.41) is 0.788. The fourth-order valence-electron chi connectivity index (χ4n) is 2.54. The number of allylic oxidation sites excluding steroid dienone is 3. The molecule has 1 heterocycles. The van der Waals surface area contributed by atoms with Gasteiger partial charge >= 0.3 is 0 Å². The van der Waals surface area contributed by atoms with Gasteiger partial charge in [-0.05, 0) is 47.6 Å². The van der Waals surface area contributed by atoms with Gasteiger partial charge in [-0.25, -0.2) is 0 Å². The summed E-state index contributed by atoms with van der Waals surface area (Å²) in [6, 6.07) is 8.16. The van der Waals surface area contributed by atoms with Crippen LogP contribution in [0.25, 0.3) is 5.57 Å². The number of hydrogen-bond acceptors (Lipinski definition) is 1. The van der Waals surface area contributed by atoms with Gasteiger partial charge in [-0.15, -0.1) is 0 Å². The molecule has 2 rings (SSSR count). The first-order valence-corrected chi connectivity index (χ1v) is 7.65. The maximum atomic E-state index is 6.01. The molecule has 0 amide bonds. The Bertz CT molecular complexity index is 517. The molecule has 0 aromatic heterocycles. The minimum absolute atomic E-state index is 0.104. The maximum Gasteiger partial charge on any atom is 0.0406 e. The van der Waals surface area contributed by atoms with E-state index in [9.17, 15) is 0 Å². The van der Waals surface area contributed by atoms with Crippen molar-refractivity contribution in [1.29, 1.82) is 0 Å². The Labute approximate surface area is 127 Å². The van der Waals surface area contributed by atoms with Crippen molar-refractivity contribution in [3.8, 4) is 0 Å². The van der Waals surface area contributed by atoms with Gasteiger partial charge in [-0.2, -0.15) is 0 Å². The highest BCUT2D eigenvalue weighted by Crippen LogP contribution is 2.36. The summed E-state index contributed by atoms with van der Waals surface area (Å²) in [5.41, 5.74) is 4.04. The SMILES string of the molecule is CN1CCCC=C1/C=C(\c1ccc(Cl)cc1)C(C)(C)C. The van der Waals surface area contributed by atoms with E-state index in [1.807, 2.05) is 12.1 Å². The number of likely N-dealkylation sites (N-methyl/N-ethyl adjacent to an activating group) is 1. The van der Waals surface area contributed by atoms with Gasteiger partial charge in [0.25, 0.3) is 0 Å². The van der Waals surface area contributed by atoms with E-state index in [4.69, 9.17) is 11.6 Å². The maximum absolute atomic E-state index is 6.01. The summed E-state index contributed by atoms with van der Waals surface area (Å²) in [6.07, 6.45) is 7.10. The molecule has 0 atom stereocenters. The van der Waals surface area contributed by atoms with Gasteiger partial charge in [0, 0.05) is 24.3 Å². The normalized spacial score (nSPS) is 17.1. The van der Waals surface area contributed by atoms with Gasteiger partial charge in [-0.3, -0.25) is 0 Å². The van der Waals surface area contributed by atoms with E-state index in [1.54, 1.807) is 0 Å². The first-order chi connectivity index (χ1) is 9.38. The molecule has 0 spiro atoms. The zero-order valence-corrected chi connectivity index (χ0v) is 13.7. The molecular weight excluding hydrogens is 266 g/mol. The average molecular weight is 290 g/mol. The molecule has 20 heavy (non-hydrogen) atoms. The number of rotatable bonds is 2. The van der Waals surface area contributed by atoms with Crippen LogP contribution in [0, 0.1) is 5.41 Å². The van der Waals surface area contributed by atoms with E-state index in [-0.39, 0.29) is 5.41 Å². The van der Waals surface area contributed by atoms with Gasteiger partial charge in [0.2, 0.25) is 0 Å². The van der Waals surface area contributed by atoms with Crippen LogP contribution in [-0.2, 0) is 0 Å². The monoisotopic (exact) mass is 289 g/mol. The quantitative estimate of drug-likeness (QED) is 0.706. The van der Waals surface area contributed by atoms with Crippen molar-refractivity contribution < 1.29 is 0 Å². The Balaban J connectivity index is 2.43. The molecule has 1 aromatic carbocycles. The van der Waals surface area contributed by atoms with Crippen molar-refractivity contribution >= 4 is 17.2 Å². The number of benzene rings is 1. The van der Waals surface area contributed by atoms with Crippen LogP contribution < -0.4 is 0 Å². The van der Waals surface area contributed by atoms with Crippen LogP contribution in [0.3, 0.4) is 0 Å². The molecule has 0 saturated heterocycles. The second kappa shape index (κ2) is 6.05. The van der Waals surface area contributed by atoms with Crippen LogP contribution in [-0.4, -0.2) is 18.5 Å². The fourth-order valence-corrected chi connectivity index (χ4v) is 2.67. The molecule has 1 aromatic rings. The molecule has 0 unspecified atom stereocenters. The molecule has 0 saturated carbocycles. The van der Waals surface area contributed by atoms with E-state index < -0.39 is 0 Å². The zero-order valence-electron chi connectivity index (χ0n) is 12.9. The Kier molecular flexibility index (Phi) is 4.59. The first kappa shape index (κ1) is 15.2. The molecule has 0 aliphatic carbocycles. The minimum Gasteiger partial charge on any atom is -0.375 e. The third-order valence-electron chi connectivity index (χ3n) is 3.75. The summed E-state index contributed by atoms with van der Waals surface area (Å²) in [5.74, 6) is 0.